The molecular weight excluding hydrogens is 458 g/mol. The van der Waals surface area contributed by atoms with Crippen molar-refractivity contribution in [3.05, 3.63) is 11.3 Å². The lowest BCUT2D eigenvalue weighted by atomic mass is 9.69. The first-order valence-electron chi connectivity index (χ1n) is 13.2. The minimum atomic E-state index is -0.825. The molecule has 0 spiro atoms. The maximum Gasteiger partial charge on any atom is 0.315 e. The standard InChI is InChI=1S/C27H45N5O4/c1-14(2)16-11-12-32(24(35)22(26(3,4)5)30-25(36)31-27(6,7)8)20(16)23(34)29-18-13-15-9-10-17(15)19(28)21(18)33/h14-16,18,20,22H,9-13,28H2,1-8H3,(H,29,34)(H2,30,31,36)/t15?,16?,18?,20-,22+/m0/s1. The maximum absolute atomic E-state index is 13.9. The van der Waals surface area contributed by atoms with Gasteiger partial charge in [0.25, 0.3) is 0 Å². The lowest BCUT2D eigenvalue weighted by molar-refractivity contribution is -0.143. The normalized spacial score (nSPS) is 27.4. The Morgan fingerprint density at radius 3 is 2.19 bits per heavy atom. The summed E-state index contributed by atoms with van der Waals surface area (Å²) in [5.41, 5.74) is 6.36. The summed E-state index contributed by atoms with van der Waals surface area (Å²) in [4.78, 5) is 54.7. The number of rotatable bonds is 5. The van der Waals surface area contributed by atoms with Gasteiger partial charge in [-0.1, -0.05) is 34.6 Å². The number of fused-ring (bicyclic) bond motifs is 1. The summed E-state index contributed by atoms with van der Waals surface area (Å²) in [6, 6.07) is -2.63. The van der Waals surface area contributed by atoms with Crippen molar-refractivity contribution in [3.63, 3.8) is 0 Å². The molecule has 4 amide bonds. The van der Waals surface area contributed by atoms with Crippen molar-refractivity contribution in [2.24, 2.45) is 28.9 Å². The summed E-state index contributed by atoms with van der Waals surface area (Å²) in [6.45, 7) is 15.8. The second-order valence-electron chi connectivity index (χ2n) is 13.2. The van der Waals surface area contributed by atoms with E-state index < -0.39 is 35.1 Å². The van der Waals surface area contributed by atoms with Crippen molar-refractivity contribution in [1.82, 2.24) is 20.9 Å². The molecule has 0 aromatic rings. The molecule has 36 heavy (non-hydrogen) atoms. The molecular formula is C27H45N5O4. The molecule has 1 aliphatic heterocycles. The summed E-state index contributed by atoms with van der Waals surface area (Å²) in [6.07, 6.45) is 3.08. The van der Waals surface area contributed by atoms with E-state index in [4.69, 9.17) is 5.73 Å². The summed E-state index contributed by atoms with van der Waals surface area (Å²) in [5.74, 6) is -0.464. The fraction of sp³-hybridized carbons (Fsp3) is 0.778. The van der Waals surface area contributed by atoms with Crippen molar-refractivity contribution in [2.75, 3.05) is 6.54 Å². The number of nitrogens with one attached hydrogen (secondary N) is 3. The number of Topliss-reactive ketones (excluding diaryl/α,β-unsaturated/α-hetero) is 1. The maximum atomic E-state index is 13.9. The van der Waals surface area contributed by atoms with E-state index >= 15 is 0 Å². The molecule has 2 fully saturated rings. The molecule has 202 valence electrons. The van der Waals surface area contributed by atoms with E-state index in [1.807, 2.05) is 55.4 Å². The highest BCUT2D eigenvalue weighted by atomic mass is 16.2. The third kappa shape index (κ3) is 5.86. The van der Waals surface area contributed by atoms with E-state index in [2.05, 4.69) is 16.0 Å². The number of hydrogen-bond donors (Lipinski definition) is 4. The molecule has 3 rings (SSSR count). The van der Waals surface area contributed by atoms with Crippen LogP contribution in [0.25, 0.3) is 0 Å². The van der Waals surface area contributed by atoms with Crippen molar-refractivity contribution < 1.29 is 19.2 Å². The Hall–Kier alpha value is -2.58. The smallest absolute Gasteiger partial charge is 0.315 e. The van der Waals surface area contributed by atoms with Gasteiger partial charge in [0.05, 0.1) is 11.7 Å². The average Bonchev–Trinajstić information content (AvgIpc) is 3.15. The zero-order valence-electron chi connectivity index (χ0n) is 23.2. The number of likely N-dealkylation sites (tertiary alicyclic amines) is 1. The Morgan fingerprint density at radius 2 is 1.69 bits per heavy atom. The molecule has 3 unspecified atom stereocenters. The van der Waals surface area contributed by atoms with Crippen LogP contribution in [0.1, 0.15) is 81.1 Å². The highest BCUT2D eigenvalue weighted by Crippen LogP contribution is 2.42. The van der Waals surface area contributed by atoms with Crippen LogP contribution in [0.5, 0.6) is 0 Å². The molecule has 5 N–H and O–H groups in total. The van der Waals surface area contributed by atoms with Crippen LogP contribution in [0, 0.1) is 23.2 Å². The molecule has 9 nitrogen and oxygen atoms in total. The van der Waals surface area contributed by atoms with Crippen LogP contribution in [-0.4, -0.2) is 58.7 Å². The predicted molar refractivity (Wildman–Crippen MR) is 139 cm³/mol. The third-order valence-corrected chi connectivity index (χ3v) is 7.75. The van der Waals surface area contributed by atoms with Gasteiger partial charge >= 0.3 is 6.03 Å². The monoisotopic (exact) mass is 503 g/mol. The van der Waals surface area contributed by atoms with Gasteiger partial charge in [0, 0.05) is 12.1 Å². The number of nitrogens with zero attached hydrogens (tertiary/aromatic N) is 1. The van der Waals surface area contributed by atoms with Gasteiger partial charge in [-0.2, -0.15) is 0 Å². The van der Waals surface area contributed by atoms with Crippen LogP contribution in [0.2, 0.25) is 0 Å². The van der Waals surface area contributed by atoms with Crippen molar-refractivity contribution in [2.45, 2.75) is 105 Å². The van der Waals surface area contributed by atoms with Gasteiger partial charge in [-0.05, 0) is 75.2 Å². The molecule has 0 bridgehead atoms. The molecule has 0 aromatic heterocycles. The molecule has 3 aliphatic rings. The molecule has 1 heterocycles. The SMILES string of the molecule is CC(C)C1CCN(C(=O)[C@@H](NC(=O)NC(C)(C)C)C(C)(C)C)[C@@H]1C(=O)NC1CC2CCC2=C(N)C1=O. The van der Waals surface area contributed by atoms with E-state index in [1.54, 1.807) is 4.90 Å². The second-order valence-corrected chi connectivity index (χ2v) is 13.2. The lowest BCUT2D eigenvalue weighted by Gasteiger charge is -2.40. The first-order chi connectivity index (χ1) is 16.5. The Morgan fingerprint density at radius 1 is 1.06 bits per heavy atom. The number of carbonyl (C=O) groups excluding carboxylic acids is 4. The van der Waals surface area contributed by atoms with Crippen LogP contribution in [0.3, 0.4) is 0 Å². The largest absolute Gasteiger partial charge is 0.396 e. The van der Waals surface area contributed by atoms with Gasteiger partial charge in [0.15, 0.2) is 0 Å². The zero-order valence-corrected chi connectivity index (χ0v) is 23.2. The highest BCUT2D eigenvalue weighted by Gasteiger charge is 2.48. The third-order valence-electron chi connectivity index (χ3n) is 7.75. The quantitative estimate of drug-likeness (QED) is 0.457. The topological polar surface area (TPSA) is 134 Å². The van der Waals surface area contributed by atoms with E-state index in [0.29, 0.717) is 25.1 Å². The minimum absolute atomic E-state index is 0.0520. The van der Waals surface area contributed by atoms with Gasteiger partial charge in [-0.15, -0.1) is 0 Å². The van der Waals surface area contributed by atoms with Crippen LogP contribution in [-0.2, 0) is 14.4 Å². The van der Waals surface area contributed by atoms with Crippen LogP contribution in [0.4, 0.5) is 4.79 Å². The van der Waals surface area contributed by atoms with Gasteiger partial charge in [-0.25, -0.2) is 4.79 Å². The summed E-state index contributed by atoms with van der Waals surface area (Å²) in [7, 11) is 0. The number of nitrogens with two attached hydrogens (primary N) is 1. The average molecular weight is 504 g/mol. The van der Waals surface area contributed by atoms with Crippen molar-refractivity contribution in [3.8, 4) is 0 Å². The van der Waals surface area contributed by atoms with E-state index in [-0.39, 0.29) is 35.4 Å². The Labute approximate surface area is 215 Å². The first kappa shape index (κ1) is 28.0. The molecule has 0 radical (unpaired) electrons. The second kappa shape index (κ2) is 10.1. The number of urea groups is 1. The van der Waals surface area contributed by atoms with Gasteiger partial charge in [0.1, 0.15) is 12.1 Å². The van der Waals surface area contributed by atoms with E-state index in [0.717, 1.165) is 18.4 Å². The Balaban J connectivity index is 1.82. The van der Waals surface area contributed by atoms with Crippen molar-refractivity contribution in [1.29, 1.82) is 0 Å². The summed E-state index contributed by atoms with van der Waals surface area (Å²) < 4.78 is 0. The first-order valence-corrected chi connectivity index (χ1v) is 13.2. The number of allylic oxidation sites excluding steroid dienone is 1. The number of carbonyl (C=O) groups is 4. The molecule has 9 heteroatoms. The highest BCUT2D eigenvalue weighted by molar-refractivity contribution is 6.03. The Bertz CT molecular complexity index is 943. The van der Waals surface area contributed by atoms with Crippen LogP contribution in [0.15, 0.2) is 11.3 Å². The number of hydrogen-bond acceptors (Lipinski definition) is 5. The molecule has 5 atom stereocenters. The molecule has 1 saturated heterocycles. The fourth-order valence-electron chi connectivity index (χ4n) is 5.65. The summed E-state index contributed by atoms with van der Waals surface area (Å²) in [5, 5.41) is 8.66. The minimum Gasteiger partial charge on any atom is -0.396 e. The molecule has 2 aliphatic carbocycles. The summed E-state index contributed by atoms with van der Waals surface area (Å²) >= 11 is 0. The lowest BCUT2D eigenvalue weighted by Crippen LogP contribution is -2.62. The predicted octanol–water partition coefficient (Wildman–Crippen LogP) is 2.45. The number of ketones is 1. The van der Waals surface area contributed by atoms with Crippen LogP contribution >= 0.6 is 0 Å². The van der Waals surface area contributed by atoms with Crippen LogP contribution < -0.4 is 21.7 Å². The van der Waals surface area contributed by atoms with E-state index in [9.17, 15) is 19.2 Å². The fourth-order valence-corrected chi connectivity index (χ4v) is 5.65. The molecule has 1 saturated carbocycles. The van der Waals surface area contributed by atoms with Gasteiger partial charge < -0.3 is 26.6 Å². The number of amides is 4. The molecule has 0 aromatic carbocycles. The van der Waals surface area contributed by atoms with Gasteiger partial charge in [0.2, 0.25) is 17.6 Å². The Kier molecular flexibility index (Phi) is 7.82. The van der Waals surface area contributed by atoms with E-state index in [1.165, 1.54) is 0 Å². The van der Waals surface area contributed by atoms with Crippen molar-refractivity contribution >= 4 is 23.6 Å². The zero-order chi connectivity index (χ0) is 27.2. The van der Waals surface area contributed by atoms with Gasteiger partial charge in [-0.3, -0.25) is 14.4 Å².